The summed E-state index contributed by atoms with van der Waals surface area (Å²) in [6.45, 7) is 3.78. The maximum absolute atomic E-state index is 11.0. The molecule has 94 valence electrons. The molecule has 0 saturated heterocycles. The minimum absolute atomic E-state index is 0.0880. The molecule has 0 bridgehead atoms. The quantitative estimate of drug-likeness (QED) is 0.698. The molecule has 4 nitrogen and oxygen atoms in total. The standard InChI is InChI=1S/C12H23NO3/c1-2-16-12(14)9-15-8-11-5-3-10(7-13)4-6-11/h10-11H,2-9,13H2,1H3. The second-order valence-corrected chi connectivity index (χ2v) is 4.44. The van der Waals surface area contributed by atoms with Crippen molar-refractivity contribution in [3.63, 3.8) is 0 Å². The maximum Gasteiger partial charge on any atom is 0.332 e. The van der Waals surface area contributed by atoms with E-state index < -0.39 is 0 Å². The number of carbonyl (C=O) groups excluding carboxylic acids is 1. The van der Waals surface area contributed by atoms with E-state index in [9.17, 15) is 4.79 Å². The van der Waals surface area contributed by atoms with Gasteiger partial charge in [0.05, 0.1) is 13.2 Å². The summed E-state index contributed by atoms with van der Waals surface area (Å²) in [6.07, 6.45) is 4.74. The molecule has 0 aliphatic heterocycles. The van der Waals surface area contributed by atoms with E-state index in [1.54, 1.807) is 6.92 Å². The summed E-state index contributed by atoms with van der Waals surface area (Å²) in [4.78, 5) is 11.0. The second kappa shape index (κ2) is 7.63. The Morgan fingerprint density at radius 2 is 1.88 bits per heavy atom. The van der Waals surface area contributed by atoms with E-state index in [0.717, 1.165) is 6.54 Å². The zero-order chi connectivity index (χ0) is 11.8. The normalized spacial score (nSPS) is 25.4. The topological polar surface area (TPSA) is 61.5 Å². The molecule has 1 fully saturated rings. The van der Waals surface area contributed by atoms with Crippen LogP contribution >= 0.6 is 0 Å². The Labute approximate surface area is 97.5 Å². The van der Waals surface area contributed by atoms with E-state index in [4.69, 9.17) is 15.2 Å². The Balaban J connectivity index is 2.04. The number of nitrogens with two attached hydrogens (primary N) is 1. The third-order valence-electron chi connectivity index (χ3n) is 3.18. The summed E-state index contributed by atoms with van der Waals surface area (Å²) in [5, 5.41) is 0. The lowest BCUT2D eigenvalue weighted by atomic mass is 9.82. The van der Waals surface area contributed by atoms with E-state index >= 15 is 0 Å². The molecule has 0 amide bonds. The molecule has 0 unspecified atom stereocenters. The Hall–Kier alpha value is -0.610. The fourth-order valence-corrected chi connectivity index (χ4v) is 2.15. The fraction of sp³-hybridized carbons (Fsp3) is 0.917. The molecular formula is C12H23NO3. The molecule has 0 atom stereocenters. The largest absolute Gasteiger partial charge is 0.464 e. The lowest BCUT2D eigenvalue weighted by Crippen LogP contribution is -2.24. The zero-order valence-electron chi connectivity index (χ0n) is 10.1. The molecule has 2 N–H and O–H groups in total. The van der Waals surface area contributed by atoms with Crippen LogP contribution in [-0.2, 0) is 14.3 Å². The van der Waals surface area contributed by atoms with Crippen LogP contribution in [0, 0.1) is 11.8 Å². The first-order chi connectivity index (χ1) is 7.76. The van der Waals surface area contributed by atoms with Crippen LogP contribution in [0.25, 0.3) is 0 Å². The first kappa shape index (κ1) is 13.5. The van der Waals surface area contributed by atoms with Gasteiger partial charge in [0.25, 0.3) is 0 Å². The van der Waals surface area contributed by atoms with Gasteiger partial charge < -0.3 is 15.2 Å². The van der Waals surface area contributed by atoms with Gasteiger partial charge in [-0.2, -0.15) is 0 Å². The summed E-state index contributed by atoms with van der Waals surface area (Å²) < 4.78 is 10.1. The van der Waals surface area contributed by atoms with Crippen molar-refractivity contribution in [1.82, 2.24) is 0 Å². The third-order valence-corrected chi connectivity index (χ3v) is 3.18. The van der Waals surface area contributed by atoms with E-state index in [1.165, 1.54) is 25.7 Å². The van der Waals surface area contributed by atoms with Crippen molar-refractivity contribution < 1.29 is 14.3 Å². The van der Waals surface area contributed by atoms with Gasteiger partial charge in [-0.15, -0.1) is 0 Å². The van der Waals surface area contributed by atoms with Crippen LogP contribution in [0.1, 0.15) is 32.6 Å². The van der Waals surface area contributed by atoms with Crippen LogP contribution in [0.15, 0.2) is 0 Å². The van der Waals surface area contributed by atoms with Crippen molar-refractivity contribution in [2.45, 2.75) is 32.6 Å². The molecule has 1 aliphatic carbocycles. The van der Waals surface area contributed by atoms with Gasteiger partial charge in [0.2, 0.25) is 0 Å². The fourth-order valence-electron chi connectivity index (χ4n) is 2.15. The van der Waals surface area contributed by atoms with E-state index in [-0.39, 0.29) is 12.6 Å². The minimum atomic E-state index is -0.266. The first-order valence-electron chi connectivity index (χ1n) is 6.19. The van der Waals surface area contributed by atoms with Crippen LogP contribution in [-0.4, -0.2) is 32.3 Å². The van der Waals surface area contributed by atoms with Crippen LogP contribution in [0.2, 0.25) is 0 Å². The van der Waals surface area contributed by atoms with Crippen molar-refractivity contribution in [3.8, 4) is 0 Å². The lowest BCUT2D eigenvalue weighted by molar-refractivity contribution is -0.149. The SMILES string of the molecule is CCOC(=O)COCC1CCC(CN)CC1. The highest BCUT2D eigenvalue weighted by atomic mass is 16.6. The Kier molecular flexibility index (Phi) is 6.42. The van der Waals surface area contributed by atoms with Gasteiger partial charge in [0, 0.05) is 0 Å². The van der Waals surface area contributed by atoms with Crippen molar-refractivity contribution in [3.05, 3.63) is 0 Å². The predicted octanol–water partition coefficient (Wildman–Crippen LogP) is 1.33. The first-order valence-corrected chi connectivity index (χ1v) is 6.19. The zero-order valence-corrected chi connectivity index (χ0v) is 10.1. The van der Waals surface area contributed by atoms with E-state index in [0.29, 0.717) is 25.0 Å². The van der Waals surface area contributed by atoms with Crippen LogP contribution in [0.4, 0.5) is 0 Å². The smallest absolute Gasteiger partial charge is 0.332 e. The van der Waals surface area contributed by atoms with Gasteiger partial charge in [0.1, 0.15) is 6.61 Å². The maximum atomic E-state index is 11.0. The van der Waals surface area contributed by atoms with Gasteiger partial charge >= 0.3 is 5.97 Å². The van der Waals surface area contributed by atoms with Gasteiger partial charge in [0.15, 0.2) is 0 Å². The molecule has 1 saturated carbocycles. The van der Waals surface area contributed by atoms with Gasteiger partial charge in [-0.3, -0.25) is 0 Å². The third kappa shape index (κ3) is 4.94. The molecule has 0 spiro atoms. The average Bonchev–Trinajstić information content (AvgIpc) is 2.30. The number of hydrogen-bond donors (Lipinski definition) is 1. The summed E-state index contributed by atoms with van der Waals surface area (Å²) >= 11 is 0. The number of hydrogen-bond acceptors (Lipinski definition) is 4. The molecule has 1 aliphatic rings. The molecule has 0 aromatic heterocycles. The predicted molar refractivity (Wildman–Crippen MR) is 62.0 cm³/mol. The molecule has 0 heterocycles. The van der Waals surface area contributed by atoms with Crippen LogP contribution in [0.5, 0.6) is 0 Å². The Bertz CT molecular complexity index is 200. The molecule has 16 heavy (non-hydrogen) atoms. The number of esters is 1. The summed E-state index contributed by atoms with van der Waals surface area (Å²) in [5.41, 5.74) is 5.63. The van der Waals surface area contributed by atoms with Crippen molar-refractivity contribution in [2.24, 2.45) is 17.6 Å². The molecule has 0 aromatic carbocycles. The molecule has 4 heteroatoms. The second-order valence-electron chi connectivity index (χ2n) is 4.44. The minimum Gasteiger partial charge on any atom is -0.464 e. The van der Waals surface area contributed by atoms with Gasteiger partial charge in [-0.25, -0.2) is 4.79 Å². The highest BCUT2D eigenvalue weighted by Gasteiger charge is 2.20. The number of carbonyl (C=O) groups is 1. The summed E-state index contributed by atoms with van der Waals surface area (Å²) in [5.74, 6) is 1.02. The lowest BCUT2D eigenvalue weighted by Gasteiger charge is -2.27. The molecule has 0 radical (unpaired) electrons. The van der Waals surface area contributed by atoms with Crippen molar-refractivity contribution in [2.75, 3.05) is 26.4 Å². The highest BCUT2D eigenvalue weighted by Crippen LogP contribution is 2.28. The summed E-state index contributed by atoms with van der Waals surface area (Å²) in [7, 11) is 0. The highest BCUT2D eigenvalue weighted by molar-refractivity contribution is 5.70. The average molecular weight is 229 g/mol. The monoisotopic (exact) mass is 229 g/mol. The van der Waals surface area contributed by atoms with E-state index in [1.807, 2.05) is 0 Å². The van der Waals surface area contributed by atoms with Crippen LogP contribution < -0.4 is 5.73 Å². The van der Waals surface area contributed by atoms with Crippen molar-refractivity contribution >= 4 is 5.97 Å². The number of ether oxygens (including phenoxy) is 2. The van der Waals surface area contributed by atoms with Gasteiger partial charge in [-0.1, -0.05) is 0 Å². The number of rotatable bonds is 6. The van der Waals surface area contributed by atoms with E-state index in [2.05, 4.69) is 0 Å². The Morgan fingerprint density at radius 3 is 2.44 bits per heavy atom. The Morgan fingerprint density at radius 1 is 1.25 bits per heavy atom. The van der Waals surface area contributed by atoms with Gasteiger partial charge in [-0.05, 0) is 51.0 Å². The molecule has 0 aromatic rings. The summed E-state index contributed by atoms with van der Waals surface area (Å²) in [6, 6.07) is 0. The van der Waals surface area contributed by atoms with Crippen LogP contribution in [0.3, 0.4) is 0 Å². The molecule has 1 rings (SSSR count). The molecular weight excluding hydrogens is 206 g/mol. The van der Waals surface area contributed by atoms with Crippen molar-refractivity contribution in [1.29, 1.82) is 0 Å².